The molecule has 0 saturated heterocycles. The molecule has 2 rings (SSSR count). The maximum Gasteiger partial charge on any atom is 0.286 e. The summed E-state index contributed by atoms with van der Waals surface area (Å²) in [6, 6.07) is 2.81. The minimum absolute atomic E-state index is 0.0460. The first kappa shape index (κ1) is 18.2. The van der Waals surface area contributed by atoms with Gasteiger partial charge in [-0.05, 0) is 35.1 Å². The summed E-state index contributed by atoms with van der Waals surface area (Å²) >= 11 is 3.25. The second-order valence-electron chi connectivity index (χ2n) is 4.94. The van der Waals surface area contributed by atoms with Gasteiger partial charge in [0.1, 0.15) is 16.3 Å². The highest BCUT2D eigenvalue weighted by Crippen LogP contribution is 2.14. The Morgan fingerprint density at radius 3 is 1.96 bits per heavy atom. The van der Waals surface area contributed by atoms with Crippen molar-refractivity contribution in [2.24, 2.45) is 14.1 Å². The van der Waals surface area contributed by atoms with Gasteiger partial charge < -0.3 is 9.13 Å². The van der Waals surface area contributed by atoms with Crippen LogP contribution < -0.4 is 15.6 Å². The molecule has 0 saturated carbocycles. The van der Waals surface area contributed by atoms with Crippen molar-refractivity contribution in [3.63, 3.8) is 0 Å². The maximum absolute atomic E-state index is 12.1. The lowest BCUT2D eigenvalue weighted by molar-refractivity contribution is 0.0837. The molecule has 0 aliphatic carbocycles. The molecule has 2 amide bonds. The van der Waals surface area contributed by atoms with Crippen molar-refractivity contribution >= 4 is 37.8 Å². The molecule has 0 fully saturated rings. The van der Waals surface area contributed by atoms with Gasteiger partial charge in [-0.1, -0.05) is 0 Å². The molecule has 0 spiro atoms. The average molecular weight is 418 g/mol. The quantitative estimate of drug-likeness (QED) is 0.612. The van der Waals surface area contributed by atoms with E-state index in [1.54, 1.807) is 23.9 Å². The van der Waals surface area contributed by atoms with E-state index >= 15 is 0 Å². The minimum Gasteiger partial charge on any atom is -0.345 e. The molecule has 0 unspecified atom stereocenters. The number of nitrogens with zero attached hydrogens (tertiary/aromatic N) is 2. The summed E-state index contributed by atoms with van der Waals surface area (Å²) in [4.78, 5) is 24.1. The van der Waals surface area contributed by atoms with E-state index in [0.717, 1.165) is 4.47 Å². The predicted molar refractivity (Wildman–Crippen MR) is 89.7 cm³/mol. The summed E-state index contributed by atoms with van der Waals surface area (Å²) in [5.41, 5.74) is 4.96. The van der Waals surface area contributed by atoms with Crippen LogP contribution in [-0.4, -0.2) is 36.4 Å². The van der Waals surface area contributed by atoms with Crippen LogP contribution in [0.2, 0.25) is 0 Å². The summed E-state index contributed by atoms with van der Waals surface area (Å²) in [7, 11) is 0.836. The number of sulfonamides is 1. The highest BCUT2D eigenvalue weighted by molar-refractivity contribution is 9.10. The van der Waals surface area contributed by atoms with Gasteiger partial charge in [0.2, 0.25) is 10.0 Å². The second kappa shape index (κ2) is 6.79. The Kier molecular flexibility index (Phi) is 5.16. The Bertz CT molecular complexity index is 900. The van der Waals surface area contributed by atoms with Gasteiger partial charge in [0.25, 0.3) is 11.8 Å². The number of amides is 2. The lowest BCUT2D eigenvalue weighted by Crippen LogP contribution is -2.42. The summed E-state index contributed by atoms with van der Waals surface area (Å²) in [5, 5.41) is 0. The largest absolute Gasteiger partial charge is 0.345 e. The van der Waals surface area contributed by atoms with Crippen molar-refractivity contribution in [2.75, 3.05) is 7.05 Å². The van der Waals surface area contributed by atoms with E-state index in [1.165, 1.54) is 30.9 Å². The second-order valence-corrected chi connectivity index (χ2v) is 7.74. The van der Waals surface area contributed by atoms with Crippen LogP contribution in [0.4, 0.5) is 0 Å². The number of rotatable bonds is 4. The van der Waals surface area contributed by atoms with E-state index in [4.69, 9.17) is 0 Å². The van der Waals surface area contributed by atoms with Crippen LogP contribution in [-0.2, 0) is 24.1 Å². The van der Waals surface area contributed by atoms with E-state index in [-0.39, 0.29) is 10.6 Å². The molecule has 24 heavy (non-hydrogen) atoms. The zero-order valence-corrected chi connectivity index (χ0v) is 15.5. The first-order valence-corrected chi connectivity index (χ1v) is 8.96. The van der Waals surface area contributed by atoms with Crippen molar-refractivity contribution in [3.8, 4) is 0 Å². The van der Waals surface area contributed by atoms with E-state index in [2.05, 4.69) is 31.5 Å². The molecule has 9 nitrogen and oxygen atoms in total. The first-order valence-electron chi connectivity index (χ1n) is 6.68. The van der Waals surface area contributed by atoms with Crippen LogP contribution in [0.1, 0.15) is 21.0 Å². The van der Waals surface area contributed by atoms with Crippen LogP contribution in [0.25, 0.3) is 0 Å². The third kappa shape index (κ3) is 3.68. The highest BCUT2D eigenvalue weighted by atomic mass is 79.9. The van der Waals surface area contributed by atoms with Crippen molar-refractivity contribution in [1.29, 1.82) is 0 Å². The number of aromatic nitrogens is 2. The number of carbonyl (C=O) groups excluding carboxylic acids is 2. The Hall–Kier alpha value is -2.11. The number of hydrogen-bond donors (Lipinski definition) is 3. The molecule has 11 heteroatoms. The third-order valence-electron chi connectivity index (χ3n) is 3.29. The summed E-state index contributed by atoms with van der Waals surface area (Å²) in [6.45, 7) is 0. The number of nitrogens with one attached hydrogen (secondary N) is 3. The molecule has 0 aromatic carbocycles. The maximum atomic E-state index is 12.1. The first-order chi connectivity index (χ1) is 11.2. The zero-order chi connectivity index (χ0) is 18.1. The van der Waals surface area contributed by atoms with E-state index in [0.29, 0.717) is 5.69 Å². The average Bonchev–Trinajstić information content (AvgIpc) is 3.07. The van der Waals surface area contributed by atoms with Crippen molar-refractivity contribution in [2.45, 2.75) is 4.90 Å². The molecular weight excluding hydrogens is 402 g/mol. The molecular formula is C13H16BrN5O4S. The Morgan fingerprint density at radius 1 is 1.00 bits per heavy atom. The lowest BCUT2D eigenvalue weighted by atomic mass is 10.4. The topological polar surface area (TPSA) is 114 Å². The fourth-order valence-corrected chi connectivity index (χ4v) is 3.34. The monoisotopic (exact) mass is 417 g/mol. The van der Waals surface area contributed by atoms with Crippen LogP contribution in [0, 0.1) is 0 Å². The molecule has 0 aliphatic heterocycles. The minimum atomic E-state index is -3.66. The number of hydrazine groups is 1. The predicted octanol–water partition coefficient (Wildman–Crippen LogP) is 0.109. The zero-order valence-electron chi connectivity index (χ0n) is 13.1. The van der Waals surface area contributed by atoms with Crippen LogP contribution in [0.5, 0.6) is 0 Å². The van der Waals surface area contributed by atoms with Crippen LogP contribution in [0.3, 0.4) is 0 Å². The number of carbonyl (C=O) groups is 2. The van der Waals surface area contributed by atoms with E-state index in [1.807, 2.05) is 0 Å². The van der Waals surface area contributed by atoms with Gasteiger partial charge in [-0.2, -0.15) is 0 Å². The van der Waals surface area contributed by atoms with E-state index in [9.17, 15) is 18.0 Å². The van der Waals surface area contributed by atoms with Gasteiger partial charge >= 0.3 is 0 Å². The molecule has 2 aromatic rings. The molecule has 2 aromatic heterocycles. The van der Waals surface area contributed by atoms with Gasteiger partial charge in [0.05, 0.1) is 0 Å². The van der Waals surface area contributed by atoms with E-state index < -0.39 is 21.8 Å². The molecule has 0 atom stereocenters. The number of aryl methyl sites for hydroxylation is 2. The SMILES string of the molecule is CNS(=O)(=O)c1cc(C(=O)NNC(=O)c2cc(Br)cn2C)n(C)c1. The normalized spacial score (nSPS) is 11.3. The molecule has 130 valence electrons. The summed E-state index contributed by atoms with van der Waals surface area (Å²) in [5.74, 6) is -1.15. The van der Waals surface area contributed by atoms with Gasteiger partial charge in [0.15, 0.2) is 0 Å². The van der Waals surface area contributed by atoms with Crippen LogP contribution >= 0.6 is 15.9 Å². The Morgan fingerprint density at radius 2 is 1.50 bits per heavy atom. The van der Waals surface area contributed by atoms with Crippen LogP contribution in [0.15, 0.2) is 33.9 Å². The Balaban J connectivity index is 2.11. The fourth-order valence-electron chi connectivity index (χ4n) is 2.02. The van der Waals surface area contributed by atoms with Crippen molar-refractivity contribution in [3.05, 3.63) is 40.4 Å². The third-order valence-corrected chi connectivity index (χ3v) is 5.10. The smallest absolute Gasteiger partial charge is 0.286 e. The highest BCUT2D eigenvalue weighted by Gasteiger charge is 2.20. The molecule has 2 heterocycles. The van der Waals surface area contributed by atoms with Gasteiger partial charge in [-0.15, -0.1) is 0 Å². The summed E-state index contributed by atoms with van der Waals surface area (Å²) < 4.78 is 29.3. The Labute approximate surface area is 147 Å². The standard InChI is InChI=1S/C13H16BrN5O4S/c1-15-24(22,23)9-5-11(19(3)7-9)13(21)17-16-12(20)10-4-8(14)6-18(10)2/h4-7,15H,1-3H3,(H,16,20)(H,17,21). The number of halogens is 1. The molecule has 0 bridgehead atoms. The number of hydrogen-bond acceptors (Lipinski definition) is 4. The lowest BCUT2D eigenvalue weighted by Gasteiger charge is -2.08. The molecule has 0 aliphatic rings. The van der Waals surface area contributed by atoms with Gasteiger partial charge in [0, 0.05) is 31.0 Å². The fraction of sp³-hybridized carbons (Fsp3) is 0.231. The molecule has 0 radical (unpaired) electrons. The van der Waals surface area contributed by atoms with Crippen molar-refractivity contribution in [1.82, 2.24) is 24.7 Å². The molecule has 3 N–H and O–H groups in total. The van der Waals surface area contributed by atoms with Gasteiger partial charge in [-0.3, -0.25) is 20.4 Å². The van der Waals surface area contributed by atoms with Crippen molar-refractivity contribution < 1.29 is 18.0 Å². The van der Waals surface area contributed by atoms with Gasteiger partial charge in [-0.25, -0.2) is 13.1 Å². The summed E-state index contributed by atoms with van der Waals surface area (Å²) in [6.07, 6.45) is 3.00.